The molecule has 0 bridgehead atoms. The number of methoxy groups -OCH3 is 1. The summed E-state index contributed by atoms with van der Waals surface area (Å²) in [4.78, 5) is 10.9. The summed E-state index contributed by atoms with van der Waals surface area (Å²) in [5, 5.41) is 0. The molecule has 0 N–H and O–H groups in total. The number of carbonyl (C=O) groups is 1. The van der Waals surface area contributed by atoms with E-state index in [1.807, 2.05) is 6.92 Å². The maximum Gasteiger partial charge on any atom is 0.309 e. The predicted molar refractivity (Wildman–Crippen MR) is 63.2 cm³/mol. The second-order valence-corrected chi connectivity index (χ2v) is 3.34. The number of hydrogen-bond donors (Lipinski definition) is 0. The molecule has 0 saturated carbocycles. The minimum atomic E-state index is -0.367. The lowest BCUT2D eigenvalue weighted by molar-refractivity contribution is -0.139. The maximum absolute atomic E-state index is 13.2. The lowest BCUT2D eigenvalue weighted by Crippen LogP contribution is -1.96. The summed E-state index contributed by atoms with van der Waals surface area (Å²) in [6, 6.07) is 4.40. The lowest BCUT2D eigenvalue weighted by Gasteiger charge is -2.04. The van der Waals surface area contributed by atoms with Crippen LogP contribution in [0.1, 0.15) is 18.9 Å². The third-order valence-corrected chi connectivity index (χ3v) is 2.03. The molecule has 0 aliphatic heterocycles. The van der Waals surface area contributed by atoms with E-state index in [1.165, 1.54) is 19.2 Å². The van der Waals surface area contributed by atoms with Crippen LogP contribution in [-0.4, -0.2) is 19.7 Å². The number of benzene rings is 1. The Morgan fingerprint density at radius 2 is 2.18 bits per heavy atom. The number of esters is 1. The Labute approximate surface area is 99.9 Å². The third-order valence-electron chi connectivity index (χ3n) is 2.03. The molecule has 17 heavy (non-hydrogen) atoms. The smallest absolute Gasteiger partial charge is 0.309 e. The van der Waals surface area contributed by atoms with Crippen LogP contribution in [0, 0.1) is 5.82 Å². The van der Waals surface area contributed by atoms with E-state index in [-0.39, 0.29) is 18.2 Å². The minimum Gasteiger partial charge on any atom is -0.494 e. The number of carbonyl (C=O) groups excluding carboxylic acids is 1. The Hall–Kier alpha value is -1.84. The molecule has 0 radical (unpaired) electrons. The van der Waals surface area contributed by atoms with Crippen molar-refractivity contribution in [2.45, 2.75) is 13.3 Å². The Balaban J connectivity index is 2.73. The number of halogens is 1. The van der Waals surface area contributed by atoms with Gasteiger partial charge in [0.25, 0.3) is 0 Å². The van der Waals surface area contributed by atoms with E-state index >= 15 is 0 Å². The number of ether oxygens (including phenoxy) is 2. The molecule has 0 aromatic heterocycles. The molecule has 0 fully saturated rings. The van der Waals surface area contributed by atoms with Crippen LogP contribution < -0.4 is 4.74 Å². The van der Waals surface area contributed by atoms with Gasteiger partial charge in [0.1, 0.15) is 11.6 Å². The Morgan fingerprint density at radius 3 is 2.82 bits per heavy atom. The molecule has 1 aromatic rings. The summed E-state index contributed by atoms with van der Waals surface area (Å²) in [5.41, 5.74) is 0.650. The minimum absolute atomic E-state index is 0.164. The fraction of sp³-hybridized carbons (Fsp3) is 0.308. The van der Waals surface area contributed by atoms with Crippen molar-refractivity contribution in [2.75, 3.05) is 13.7 Å². The first-order chi connectivity index (χ1) is 8.15. The van der Waals surface area contributed by atoms with Gasteiger partial charge < -0.3 is 9.47 Å². The van der Waals surface area contributed by atoms with E-state index in [4.69, 9.17) is 4.74 Å². The second kappa shape index (κ2) is 6.68. The summed E-state index contributed by atoms with van der Waals surface area (Å²) in [6.45, 7) is 2.31. The van der Waals surface area contributed by atoms with Gasteiger partial charge in [-0.1, -0.05) is 12.2 Å². The van der Waals surface area contributed by atoms with Gasteiger partial charge in [0, 0.05) is 6.07 Å². The van der Waals surface area contributed by atoms with Crippen molar-refractivity contribution in [2.24, 2.45) is 0 Å². The van der Waals surface area contributed by atoms with Gasteiger partial charge in [-0.3, -0.25) is 4.79 Å². The monoisotopic (exact) mass is 238 g/mol. The average molecular weight is 238 g/mol. The molecule has 0 unspecified atom stereocenters. The third kappa shape index (κ3) is 4.68. The van der Waals surface area contributed by atoms with E-state index in [0.29, 0.717) is 17.9 Å². The average Bonchev–Trinajstić information content (AvgIpc) is 2.28. The number of rotatable bonds is 5. The van der Waals surface area contributed by atoms with Crippen LogP contribution in [0.3, 0.4) is 0 Å². The van der Waals surface area contributed by atoms with Crippen molar-refractivity contribution in [3.63, 3.8) is 0 Å². The predicted octanol–water partition coefficient (Wildman–Crippen LogP) is 2.80. The highest BCUT2D eigenvalue weighted by Crippen LogP contribution is 2.17. The molecular formula is C13H15FO3. The quantitative estimate of drug-likeness (QED) is 0.740. The summed E-state index contributed by atoms with van der Waals surface area (Å²) < 4.78 is 22.9. The Bertz CT molecular complexity index is 413. The van der Waals surface area contributed by atoms with Gasteiger partial charge in [-0.2, -0.15) is 0 Å². The zero-order chi connectivity index (χ0) is 12.7. The van der Waals surface area contributed by atoms with Crippen LogP contribution in [0.15, 0.2) is 24.3 Å². The Kier molecular flexibility index (Phi) is 5.20. The van der Waals surface area contributed by atoms with Crippen LogP contribution in [0.25, 0.3) is 6.08 Å². The lowest BCUT2D eigenvalue weighted by atomic mass is 10.2. The van der Waals surface area contributed by atoms with Crippen molar-refractivity contribution in [1.82, 2.24) is 0 Å². The van der Waals surface area contributed by atoms with Gasteiger partial charge in [0.15, 0.2) is 0 Å². The summed E-state index contributed by atoms with van der Waals surface area (Å²) in [6.07, 6.45) is 3.44. The molecule has 0 saturated heterocycles. The highest BCUT2D eigenvalue weighted by Gasteiger charge is 2.00. The first kappa shape index (κ1) is 13.2. The normalized spacial score (nSPS) is 10.5. The van der Waals surface area contributed by atoms with Gasteiger partial charge in [-0.25, -0.2) is 4.39 Å². The van der Waals surface area contributed by atoms with Crippen molar-refractivity contribution >= 4 is 12.0 Å². The molecule has 0 aliphatic rings. The van der Waals surface area contributed by atoms with Crippen molar-refractivity contribution < 1.29 is 18.7 Å². The molecule has 4 heteroatoms. The largest absolute Gasteiger partial charge is 0.494 e. The summed E-state index contributed by atoms with van der Waals surface area (Å²) >= 11 is 0. The topological polar surface area (TPSA) is 35.5 Å². The van der Waals surface area contributed by atoms with E-state index in [0.717, 1.165) is 0 Å². The van der Waals surface area contributed by atoms with E-state index < -0.39 is 0 Å². The number of hydrogen-bond acceptors (Lipinski definition) is 3. The molecule has 1 aromatic carbocycles. The summed E-state index contributed by atoms with van der Waals surface area (Å²) in [5.74, 6) is -0.221. The maximum atomic E-state index is 13.2. The van der Waals surface area contributed by atoms with Crippen LogP contribution in [0.4, 0.5) is 4.39 Å². The first-order valence-corrected chi connectivity index (χ1v) is 5.32. The van der Waals surface area contributed by atoms with Gasteiger partial charge in [0.05, 0.1) is 20.1 Å². The van der Waals surface area contributed by atoms with E-state index in [1.54, 1.807) is 18.2 Å². The molecule has 0 amide bonds. The van der Waals surface area contributed by atoms with Gasteiger partial charge in [-0.15, -0.1) is 0 Å². The van der Waals surface area contributed by atoms with Crippen LogP contribution >= 0.6 is 0 Å². The molecule has 0 aliphatic carbocycles. The van der Waals surface area contributed by atoms with Crippen LogP contribution in [0.2, 0.25) is 0 Å². The van der Waals surface area contributed by atoms with Crippen LogP contribution in [-0.2, 0) is 9.53 Å². The molecule has 3 nitrogen and oxygen atoms in total. The van der Waals surface area contributed by atoms with E-state index in [9.17, 15) is 9.18 Å². The van der Waals surface area contributed by atoms with Crippen molar-refractivity contribution in [3.8, 4) is 5.75 Å². The standard InChI is InChI=1S/C13H15FO3/c1-3-17-12-8-10(7-11(14)9-12)5-4-6-13(15)16-2/h4-5,7-9H,3,6H2,1-2H3. The molecule has 0 atom stereocenters. The highest BCUT2D eigenvalue weighted by atomic mass is 19.1. The van der Waals surface area contributed by atoms with Gasteiger partial charge >= 0.3 is 5.97 Å². The second-order valence-electron chi connectivity index (χ2n) is 3.34. The fourth-order valence-electron chi connectivity index (χ4n) is 1.31. The van der Waals surface area contributed by atoms with Gasteiger partial charge in [-0.05, 0) is 24.6 Å². The zero-order valence-corrected chi connectivity index (χ0v) is 9.90. The summed E-state index contributed by atoms with van der Waals surface area (Å²) in [7, 11) is 1.32. The Morgan fingerprint density at radius 1 is 1.41 bits per heavy atom. The highest BCUT2D eigenvalue weighted by molar-refractivity contribution is 5.72. The molecular weight excluding hydrogens is 223 g/mol. The SMILES string of the molecule is CCOc1cc(F)cc(C=CCC(=O)OC)c1. The van der Waals surface area contributed by atoms with E-state index in [2.05, 4.69) is 4.74 Å². The van der Waals surface area contributed by atoms with Crippen LogP contribution in [0.5, 0.6) is 5.75 Å². The van der Waals surface area contributed by atoms with Crippen molar-refractivity contribution in [3.05, 3.63) is 35.7 Å². The fourth-order valence-corrected chi connectivity index (χ4v) is 1.31. The molecule has 0 spiro atoms. The first-order valence-electron chi connectivity index (χ1n) is 5.32. The molecule has 0 heterocycles. The van der Waals surface area contributed by atoms with Crippen molar-refractivity contribution in [1.29, 1.82) is 0 Å². The molecule has 1 rings (SSSR count). The molecule has 92 valence electrons. The van der Waals surface area contributed by atoms with Gasteiger partial charge in [0.2, 0.25) is 0 Å². The zero-order valence-electron chi connectivity index (χ0n) is 9.90.